The van der Waals surface area contributed by atoms with E-state index in [4.69, 9.17) is 0 Å². The van der Waals surface area contributed by atoms with Gasteiger partial charge in [0.1, 0.15) is 0 Å². The maximum Gasteiger partial charge on any atom is 0.0403 e. The van der Waals surface area contributed by atoms with Crippen LogP contribution in [0.3, 0.4) is 0 Å². The highest BCUT2D eigenvalue weighted by atomic mass is 35.5. The molecule has 16 heavy (non-hydrogen) atoms. The largest absolute Gasteiger partial charge is 0.317 e. The number of pyridine rings is 1. The summed E-state index contributed by atoms with van der Waals surface area (Å²) in [6.45, 7) is 2.40. The Bertz CT molecular complexity index is 261. The van der Waals surface area contributed by atoms with E-state index in [1.807, 2.05) is 12.3 Å². The summed E-state index contributed by atoms with van der Waals surface area (Å²) in [4.78, 5) is 4.35. The maximum absolute atomic E-state index is 4.35. The Morgan fingerprint density at radius 1 is 1.19 bits per heavy atom. The van der Waals surface area contributed by atoms with Crippen LogP contribution >= 0.6 is 24.8 Å². The molecule has 0 aliphatic carbocycles. The van der Waals surface area contributed by atoms with Crippen LogP contribution in [0.1, 0.15) is 25.0 Å². The van der Waals surface area contributed by atoms with Crippen molar-refractivity contribution < 1.29 is 0 Å². The molecule has 1 aromatic rings. The Hall–Kier alpha value is -0.310. The van der Waals surface area contributed by atoms with Crippen LogP contribution in [0.25, 0.3) is 0 Å². The Balaban J connectivity index is 0.00000112. The van der Waals surface area contributed by atoms with Crippen LogP contribution in [0, 0.1) is 5.92 Å². The number of halogens is 2. The zero-order valence-electron chi connectivity index (χ0n) is 9.39. The molecule has 0 aromatic carbocycles. The van der Waals surface area contributed by atoms with Gasteiger partial charge >= 0.3 is 0 Å². The number of nitrogens with one attached hydrogen (secondary N) is 1. The molecular formula is C12H20Cl2N2. The first-order chi connectivity index (χ1) is 6.95. The molecule has 0 atom stereocenters. The van der Waals surface area contributed by atoms with Gasteiger partial charge in [-0.3, -0.25) is 4.98 Å². The van der Waals surface area contributed by atoms with Gasteiger partial charge < -0.3 is 5.32 Å². The first kappa shape index (κ1) is 15.7. The predicted molar refractivity (Wildman–Crippen MR) is 72.6 cm³/mol. The van der Waals surface area contributed by atoms with E-state index in [0.717, 1.165) is 12.3 Å². The summed E-state index contributed by atoms with van der Waals surface area (Å²) in [6, 6.07) is 6.18. The molecule has 0 amide bonds. The minimum Gasteiger partial charge on any atom is -0.317 e. The lowest BCUT2D eigenvalue weighted by molar-refractivity contribution is 0.353. The summed E-state index contributed by atoms with van der Waals surface area (Å²) in [5, 5.41) is 3.40. The van der Waals surface area contributed by atoms with Crippen LogP contribution in [0.5, 0.6) is 0 Å². The maximum atomic E-state index is 4.35. The van der Waals surface area contributed by atoms with Crippen molar-refractivity contribution in [3.05, 3.63) is 30.1 Å². The fourth-order valence-corrected chi connectivity index (χ4v) is 2.07. The summed E-state index contributed by atoms with van der Waals surface area (Å²) in [6.07, 6.45) is 7.02. The molecule has 2 nitrogen and oxygen atoms in total. The molecule has 1 aliphatic rings. The predicted octanol–water partition coefficient (Wildman–Crippen LogP) is 2.86. The van der Waals surface area contributed by atoms with Gasteiger partial charge in [0.2, 0.25) is 0 Å². The molecule has 2 heterocycles. The number of nitrogens with zero attached hydrogens (tertiary/aromatic N) is 1. The van der Waals surface area contributed by atoms with Gasteiger partial charge in [-0.2, -0.15) is 0 Å². The van der Waals surface area contributed by atoms with Crippen molar-refractivity contribution in [1.82, 2.24) is 10.3 Å². The molecule has 0 spiro atoms. The van der Waals surface area contributed by atoms with Crippen LogP contribution in [0.2, 0.25) is 0 Å². The van der Waals surface area contributed by atoms with Gasteiger partial charge in [0, 0.05) is 11.9 Å². The summed E-state index contributed by atoms with van der Waals surface area (Å²) >= 11 is 0. The third kappa shape index (κ3) is 5.15. The summed E-state index contributed by atoms with van der Waals surface area (Å²) in [7, 11) is 0. The minimum atomic E-state index is 0. The Morgan fingerprint density at radius 3 is 2.56 bits per heavy atom. The lowest BCUT2D eigenvalue weighted by Crippen LogP contribution is -2.27. The van der Waals surface area contributed by atoms with Gasteiger partial charge in [-0.05, 0) is 56.8 Å². The molecule has 1 fully saturated rings. The monoisotopic (exact) mass is 262 g/mol. The van der Waals surface area contributed by atoms with Gasteiger partial charge in [0.25, 0.3) is 0 Å². The van der Waals surface area contributed by atoms with Crippen molar-refractivity contribution in [2.45, 2.75) is 25.7 Å². The highest BCUT2D eigenvalue weighted by Gasteiger charge is 2.12. The lowest BCUT2D eigenvalue weighted by Gasteiger charge is -2.22. The lowest BCUT2D eigenvalue weighted by atomic mass is 9.92. The Kier molecular flexibility index (Phi) is 8.63. The first-order valence-corrected chi connectivity index (χ1v) is 5.56. The average molecular weight is 263 g/mol. The standard InChI is InChI=1S/C12H18N2.2ClH/c1-2-8-14-12(3-1)5-4-11-6-9-13-10-7-11;;/h1-3,8,11,13H,4-7,9-10H2;2*1H. The van der Waals surface area contributed by atoms with Gasteiger partial charge in [-0.25, -0.2) is 0 Å². The van der Waals surface area contributed by atoms with E-state index in [9.17, 15) is 0 Å². The Morgan fingerprint density at radius 2 is 1.94 bits per heavy atom. The van der Waals surface area contributed by atoms with E-state index in [2.05, 4.69) is 22.4 Å². The van der Waals surface area contributed by atoms with E-state index in [1.165, 1.54) is 38.0 Å². The number of piperidine rings is 1. The molecule has 0 bridgehead atoms. The van der Waals surface area contributed by atoms with E-state index in [-0.39, 0.29) is 24.8 Å². The highest BCUT2D eigenvalue weighted by Crippen LogP contribution is 2.17. The van der Waals surface area contributed by atoms with Gasteiger partial charge in [-0.15, -0.1) is 24.8 Å². The molecule has 1 N–H and O–H groups in total. The van der Waals surface area contributed by atoms with E-state index < -0.39 is 0 Å². The van der Waals surface area contributed by atoms with Crippen molar-refractivity contribution in [3.8, 4) is 0 Å². The molecule has 1 saturated heterocycles. The van der Waals surface area contributed by atoms with Crippen molar-refractivity contribution in [2.24, 2.45) is 5.92 Å². The first-order valence-electron chi connectivity index (χ1n) is 5.56. The molecule has 92 valence electrons. The van der Waals surface area contributed by atoms with Crippen LogP contribution in [0.4, 0.5) is 0 Å². The fourth-order valence-electron chi connectivity index (χ4n) is 2.07. The number of hydrogen-bond donors (Lipinski definition) is 1. The second-order valence-corrected chi connectivity index (χ2v) is 4.05. The average Bonchev–Trinajstić information content (AvgIpc) is 2.29. The van der Waals surface area contributed by atoms with Crippen molar-refractivity contribution >= 4 is 24.8 Å². The van der Waals surface area contributed by atoms with E-state index in [0.29, 0.717) is 0 Å². The third-order valence-corrected chi connectivity index (χ3v) is 2.99. The van der Waals surface area contributed by atoms with Crippen molar-refractivity contribution in [2.75, 3.05) is 13.1 Å². The quantitative estimate of drug-likeness (QED) is 0.907. The number of hydrogen-bond acceptors (Lipinski definition) is 2. The zero-order valence-corrected chi connectivity index (χ0v) is 11.0. The molecule has 0 unspecified atom stereocenters. The number of aryl methyl sites for hydroxylation is 1. The smallest absolute Gasteiger partial charge is 0.0403 e. The SMILES string of the molecule is Cl.Cl.c1ccc(CCC2CCNCC2)nc1. The Labute approximate surface area is 110 Å². The molecular weight excluding hydrogens is 243 g/mol. The summed E-state index contributed by atoms with van der Waals surface area (Å²) in [5.74, 6) is 0.915. The molecule has 1 aromatic heterocycles. The minimum absolute atomic E-state index is 0. The second kappa shape index (κ2) is 8.80. The van der Waals surface area contributed by atoms with Crippen molar-refractivity contribution in [1.29, 1.82) is 0 Å². The van der Waals surface area contributed by atoms with Gasteiger partial charge in [0.15, 0.2) is 0 Å². The van der Waals surface area contributed by atoms with Crippen LogP contribution in [-0.4, -0.2) is 18.1 Å². The normalized spacial score (nSPS) is 16.0. The molecule has 1 aliphatic heterocycles. The fraction of sp³-hybridized carbons (Fsp3) is 0.583. The topological polar surface area (TPSA) is 24.9 Å². The molecule has 4 heteroatoms. The van der Waals surface area contributed by atoms with E-state index in [1.54, 1.807) is 0 Å². The zero-order chi connectivity index (χ0) is 9.64. The highest BCUT2D eigenvalue weighted by molar-refractivity contribution is 5.85. The van der Waals surface area contributed by atoms with Crippen LogP contribution in [0.15, 0.2) is 24.4 Å². The molecule has 2 rings (SSSR count). The van der Waals surface area contributed by atoms with Crippen LogP contribution in [-0.2, 0) is 6.42 Å². The summed E-state index contributed by atoms with van der Waals surface area (Å²) < 4.78 is 0. The number of aromatic nitrogens is 1. The van der Waals surface area contributed by atoms with E-state index >= 15 is 0 Å². The third-order valence-electron chi connectivity index (χ3n) is 2.99. The van der Waals surface area contributed by atoms with Gasteiger partial charge in [0.05, 0.1) is 0 Å². The van der Waals surface area contributed by atoms with Gasteiger partial charge in [-0.1, -0.05) is 6.07 Å². The van der Waals surface area contributed by atoms with Crippen molar-refractivity contribution in [3.63, 3.8) is 0 Å². The second-order valence-electron chi connectivity index (χ2n) is 4.05. The molecule has 0 radical (unpaired) electrons. The summed E-state index contributed by atoms with van der Waals surface area (Å²) in [5.41, 5.74) is 1.24. The van der Waals surface area contributed by atoms with Crippen LogP contribution < -0.4 is 5.32 Å². The molecule has 0 saturated carbocycles. The number of rotatable bonds is 3.